The Morgan fingerprint density at radius 1 is 1.24 bits per heavy atom. The Bertz CT molecular complexity index is 700. The lowest BCUT2D eigenvalue weighted by atomic mass is 9.95. The summed E-state index contributed by atoms with van der Waals surface area (Å²) in [4.78, 5) is 20.4. The van der Waals surface area contributed by atoms with Crippen LogP contribution in [-0.4, -0.2) is 39.7 Å². The molecule has 0 saturated carbocycles. The van der Waals surface area contributed by atoms with Crippen molar-refractivity contribution in [3.63, 3.8) is 0 Å². The molecule has 0 N–H and O–H groups in total. The van der Waals surface area contributed by atoms with Crippen LogP contribution in [0.4, 0.5) is 0 Å². The van der Waals surface area contributed by atoms with E-state index in [0.29, 0.717) is 18.4 Å². The van der Waals surface area contributed by atoms with E-state index in [1.165, 1.54) is 10.7 Å². The number of aromatic nitrogens is 2. The summed E-state index contributed by atoms with van der Waals surface area (Å²) >= 11 is 1.72. The highest BCUT2D eigenvalue weighted by molar-refractivity contribution is 7.98. The largest absolute Gasteiger partial charge is 0.342 e. The van der Waals surface area contributed by atoms with Gasteiger partial charge in [0.05, 0.1) is 6.42 Å². The molecule has 0 spiro atoms. The number of thioether (sulfide) groups is 1. The Hall–Kier alpha value is -1.75. The maximum Gasteiger partial charge on any atom is 0.226 e. The van der Waals surface area contributed by atoms with Gasteiger partial charge in [0.15, 0.2) is 0 Å². The molecule has 0 atom stereocenters. The summed E-state index contributed by atoms with van der Waals surface area (Å²) in [6.45, 7) is 6.03. The van der Waals surface area contributed by atoms with Crippen LogP contribution in [0.3, 0.4) is 0 Å². The zero-order valence-electron chi connectivity index (χ0n) is 15.3. The summed E-state index contributed by atoms with van der Waals surface area (Å²) in [5.74, 6) is 1.87. The quantitative estimate of drug-likeness (QED) is 0.755. The molecule has 3 rings (SSSR count). The van der Waals surface area contributed by atoms with Crippen LogP contribution in [0.15, 0.2) is 41.6 Å². The van der Waals surface area contributed by atoms with Gasteiger partial charge >= 0.3 is 0 Å². The summed E-state index contributed by atoms with van der Waals surface area (Å²) in [5, 5.41) is 0. The monoisotopic (exact) mass is 357 g/mol. The Morgan fingerprint density at radius 3 is 2.52 bits per heavy atom. The first-order valence-electron chi connectivity index (χ1n) is 9.02. The van der Waals surface area contributed by atoms with Gasteiger partial charge in [-0.25, -0.2) is 4.98 Å². The van der Waals surface area contributed by atoms with Gasteiger partial charge in [0.25, 0.3) is 0 Å². The normalized spacial score (nSPS) is 15.8. The number of hydrogen-bond donors (Lipinski definition) is 0. The molecule has 2 heterocycles. The Morgan fingerprint density at radius 2 is 1.92 bits per heavy atom. The molecule has 4 nitrogen and oxygen atoms in total. The van der Waals surface area contributed by atoms with Crippen LogP contribution in [0.1, 0.15) is 50.0 Å². The van der Waals surface area contributed by atoms with E-state index >= 15 is 0 Å². The van der Waals surface area contributed by atoms with Crippen molar-refractivity contribution in [1.29, 1.82) is 0 Å². The van der Waals surface area contributed by atoms with E-state index in [1.807, 2.05) is 11.1 Å². The molecular formula is C20H27N3OS. The summed E-state index contributed by atoms with van der Waals surface area (Å²) in [6.07, 6.45) is 8.53. The first-order valence-corrected chi connectivity index (χ1v) is 10.2. The lowest BCUT2D eigenvalue weighted by molar-refractivity contribution is -0.131. The van der Waals surface area contributed by atoms with Gasteiger partial charge in [0.2, 0.25) is 5.91 Å². The molecule has 1 aromatic heterocycles. The zero-order valence-corrected chi connectivity index (χ0v) is 16.1. The minimum Gasteiger partial charge on any atom is -0.342 e. The SMILES string of the molecule is CSc1ccc(CC(=O)N2CCC(c3nccn3C(C)C)CC2)cc1. The molecule has 1 aliphatic rings. The Balaban J connectivity index is 1.56. The maximum absolute atomic E-state index is 12.6. The van der Waals surface area contributed by atoms with Crippen molar-refractivity contribution in [3.05, 3.63) is 48.0 Å². The molecule has 1 aromatic carbocycles. The molecule has 25 heavy (non-hydrogen) atoms. The van der Waals surface area contributed by atoms with Crippen LogP contribution in [-0.2, 0) is 11.2 Å². The minimum absolute atomic E-state index is 0.238. The third-order valence-corrected chi connectivity index (χ3v) is 5.73. The summed E-state index contributed by atoms with van der Waals surface area (Å²) in [5.41, 5.74) is 1.10. The van der Waals surface area contributed by atoms with Crippen LogP contribution in [0.2, 0.25) is 0 Å². The van der Waals surface area contributed by atoms with Gasteiger partial charge in [-0.05, 0) is 50.6 Å². The van der Waals surface area contributed by atoms with Crippen molar-refractivity contribution in [1.82, 2.24) is 14.5 Å². The molecule has 134 valence electrons. The average molecular weight is 358 g/mol. The van der Waals surface area contributed by atoms with E-state index in [1.54, 1.807) is 11.8 Å². The fourth-order valence-electron chi connectivity index (χ4n) is 3.49. The van der Waals surface area contributed by atoms with Crippen LogP contribution < -0.4 is 0 Å². The van der Waals surface area contributed by atoms with Gasteiger partial charge in [-0.15, -0.1) is 11.8 Å². The lowest BCUT2D eigenvalue weighted by Crippen LogP contribution is -2.39. The van der Waals surface area contributed by atoms with E-state index in [0.717, 1.165) is 31.5 Å². The molecule has 5 heteroatoms. The van der Waals surface area contributed by atoms with Gasteiger partial charge in [-0.3, -0.25) is 4.79 Å². The summed E-state index contributed by atoms with van der Waals surface area (Å²) < 4.78 is 2.26. The number of carbonyl (C=O) groups is 1. The van der Waals surface area contributed by atoms with Gasteiger partial charge in [0, 0.05) is 42.3 Å². The molecule has 2 aromatic rings. The molecular weight excluding hydrogens is 330 g/mol. The van der Waals surface area contributed by atoms with Crippen LogP contribution in [0, 0.1) is 0 Å². The van der Waals surface area contributed by atoms with Crippen molar-refractivity contribution in [2.75, 3.05) is 19.3 Å². The first-order chi connectivity index (χ1) is 12.1. The van der Waals surface area contributed by atoms with E-state index in [4.69, 9.17) is 0 Å². The zero-order chi connectivity index (χ0) is 17.8. The summed E-state index contributed by atoms with van der Waals surface area (Å²) in [6, 6.07) is 8.74. The smallest absolute Gasteiger partial charge is 0.226 e. The number of piperidine rings is 1. The van der Waals surface area contributed by atoms with E-state index in [9.17, 15) is 4.79 Å². The van der Waals surface area contributed by atoms with E-state index in [2.05, 4.69) is 60.1 Å². The number of carbonyl (C=O) groups excluding carboxylic acids is 1. The maximum atomic E-state index is 12.6. The highest BCUT2D eigenvalue weighted by Crippen LogP contribution is 2.28. The fourth-order valence-corrected chi connectivity index (χ4v) is 3.90. The van der Waals surface area contributed by atoms with E-state index in [-0.39, 0.29) is 5.91 Å². The third-order valence-electron chi connectivity index (χ3n) is 4.98. The van der Waals surface area contributed by atoms with E-state index < -0.39 is 0 Å². The van der Waals surface area contributed by atoms with Crippen molar-refractivity contribution in [2.24, 2.45) is 0 Å². The Labute approximate surface area is 154 Å². The van der Waals surface area contributed by atoms with Crippen LogP contribution in [0.25, 0.3) is 0 Å². The first kappa shape index (κ1) is 18.1. The molecule has 1 saturated heterocycles. The van der Waals surface area contributed by atoms with Gasteiger partial charge in [-0.2, -0.15) is 0 Å². The number of nitrogens with zero attached hydrogens (tertiary/aromatic N) is 3. The molecule has 0 unspecified atom stereocenters. The number of likely N-dealkylation sites (tertiary alicyclic amines) is 1. The highest BCUT2D eigenvalue weighted by atomic mass is 32.2. The van der Waals surface area contributed by atoms with Crippen LogP contribution >= 0.6 is 11.8 Å². The van der Waals surface area contributed by atoms with Crippen molar-refractivity contribution in [3.8, 4) is 0 Å². The van der Waals surface area contributed by atoms with Gasteiger partial charge in [-0.1, -0.05) is 12.1 Å². The number of benzene rings is 1. The molecule has 1 amide bonds. The number of rotatable bonds is 5. The number of amides is 1. The topological polar surface area (TPSA) is 38.1 Å². The predicted octanol–water partition coefficient (Wildman–Crippen LogP) is 4.13. The Kier molecular flexibility index (Phi) is 5.84. The van der Waals surface area contributed by atoms with Crippen molar-refractivity contribution >= 4 is 17.7 Å². The lowest BCUT2D eigenvalue weighted by Gasteiger charge is -2.32. The molecule has 0 bridgehead atoms. The molecule has 1 aliphatic heterocycles. The van der Waals surface area contributed by atoms with Gasteiger partial charge in [0.1, 0.15) is 5.82 Å². The van der Waals surface area contributed by atoms with Crippen LogP contribution in [0.5, 0.6) is 0 Å². The number of imidazole rings is 1. The minimum atomic E-state index is 0.238. The fraction of sp³-hybridized carbons (Fsp3) is 0.500. The summed E-state index contributed by atoms with van der Waals surface area (Å²) in [7, 11) is 0. The molecule has 1 fully saturated rings. The third kappa shape index (κ3) is 4.27. The van der Waals surface area contributed by atoms with Crippen molar-refractivity contribution < 1.29 is 4.79 Å². The second-order valence-corrected chi connectivity index (χ2v) is 7.85. The molecule has 0 radical (unpaired) electrons. The van der Waals surface area contributed by atoms with Crippen molar-refractivity contribution in [2.45, 2.75) is 50.0 Å². The average Bonchev–Trinajstić information content (AvgIpc) is 3.12. The predicted molar refractivity (Wildman–Crippen MR) is 103 cm³/mol. The second-order valence-electron chi connectivity index (χ2n) is 6.97. The molecule has 0 aliphatic carbocycles. The van der Waals surface area contributed by atoms with Gasteiger partial charge < -0.3 is 9.47 Å². The highest BCUT2D eigenvalue weighted by Gasteiger charge is 2.26. The second kappa shape index (κ2) is 8.09. The standard InChI is InChI=1S/C20H27N3OS/c1-15(2)23-13-10-21-20(23)17-8-11-22(12-9-17)19(24)14-16-4-6-18(25-3)7-5-16/h4-7,10,13,15,17H,8-9,11-12,14H2,1-3H3. The number of hydrogen-bond acceptors (Lipinski definition) is 3.